The normalized spacial score (nSPS) is 17.5. The van der Waals surface area contributed by atoms with Crippen molar-refractivity contribution in [3.63, 3.8) is 0 Å². The first-order chi connectivity index (χ1) is 19.5. The number of guanidine groups is 1. The van der Waals surface area contributed by atoms with Crippen LogP contribution in [-0.2, 0) is 11.3 Å². The van der Waals surface area contributed by atoms with Crippen LogP contribution in [0.4, 0.5) is 0 Å². The van der Waals surface area contributed by atoms with Gasteiger partial charge in [0.2, 0.25) is 5.91 Å². The highest BCUT2D eigenvalue weighted by Gasteiger charge is 2.30. The number of aliphatic imine (C=N–C) groups is 1. The van der Waals surface area contributed by atoms with Gasteiger partial charge in [-0.15, -0.1) is 0 Å². The Morgan fingerprint density at radius 3 is 2.33 bits per heavy atom. The lowest BCUT2D eigenvalue weighted by Gasteiger charge is -2.25. The van der Waals surface area contributed by atoms with Crippen LogP contribution in [0.5, 0.6) is 0 Å². The molecule has 1 aliphatic heterocycles. The third kappa shape index (κ3) is 6.76. The van der Waals surface area contributed by atoms with Crippen molar-refractivity contribution in [1.82, 2.24) is 15.5 Å². The number of carbonyl (C=O) groups is 2. The van der Waals surface area contributed by atoms with Gasteiger partial charge in [0.05, 0.1) is 6.04 Å². The maximum Gasteiger partial charge on any atom is 0.251 e. The molecule has 1 aliphatic rings. The maximum atomic E-state index is 13.7. The minimum atomic E-state index is -0.389. The van der Waals surface area contributed by atoms with E-state index in [0.29, 0.717) is 44.6 Å². The Hall–Kier alpha value is -4.43. The topological polar surface area (TPSA) is 126 Å². The SMILES string of the molecule is NC(N)=NCCC[C@@H]1NC(CNC(=O)c2ccc3ccccc3c2)CCN(Cc2ccc3ccccc3c2)C1=O. The van der Waals surface area contributed by atoms with Crippen LogP contribution in [-0.4, -0.2) is 54.4 Å². The molecule has 0 saturated carbocycles. The molecule has 206 valence electrons. The van der Waals surface area contributed by atoms with Crippen LogP contribution in [0.2, 0.25) is 0 Å². The van der Waals surface area contributed by atoms with Crippen molar-refractivity contribution in [3.8, 4) is 0 Å². The molecular weight excluding hydrogens is 500 g/mol. The summed E-state index contributed by atoms with van der Waals surface area (Å²) >= 11 is 0. The molecule has 4 aromatic rings. The predicted molar refractivity (Wildman–Crippen MR) is 161 cm³/mol. The summed E-state index contributed by atoms with van der Waals surface area (Å²) in [5, 5.41) is 11.0. The van der Waals surface area contributed by atoms with Gasteiger partial charge >= 0.3 is 0 Å². The van der Waals surface area contributed by atoms with Gasteiger partial charge < -0.3 is 27.0 Å². The van der Waals surface area contributed by atoms with Crippen molar-refractivity contribution in [3.05, 3.63) is 96.1 Å². The van der Waals surface area contributed by atoms with Crippen molar-refractivity contribution in [2.24, 2.45) is 16.5 Å². The zero-order chi connectivity index (χ0) is 27.9. The Morgan fingerprint density at radius 2 is 1.60 bits per heavy atom. The molecule has 1 unspecified atom stereocenters. The second kappa shape index (κ2) is 12.6. The molecule has 0 radical (unpaired) electrons. The number of benzene rings is 4. The van der Waals surface area contributed by atoms with Crippen LogP contribution in [0.3, 0.4) is 0 Å². The lowest BCUT2D eigenvalue weighted by Crippen LogP contribution is -2.48. The average Bonchev–Trinajstić information content (AvgIpc) is 3.11. The second-order valence-corrected chi connectivity index (χ2v) is 10.4. The van der Waals surface area contributed by atoms with E-state index in [0.717, 1.165) is 28.1 Å². The molecule has 8 heteroatoms. The van der Waals surface area contributed by atoms with Gasteiger partial charge in [-0.1, -0.05) is 66.7 Å². The molecule has 4 aromatic carbocycles. The standard InChI is InChI=1S/C32H36N6O2/c33-32(34)35-16-5-10-29-31(40)38(21-22-11-12-23-6-1-3-8-25(23)18-22)17-15-28(37-29)20-36-30(39)27-14-13-24-7-2-4-9-26(24)19-27/h1-4,6-9,11-14,18-19,28-29,37H,5,10,15-17,20-21H2,(H,36,39)(H4,33,34,35)/t28?,29-/m0/s1. The molecule has 5 rings (SSSR count). The molecule has 2 atom stereocenters. The van der Waals surface area contributed by atoms with Crippen LogP contribution in [0.25, 0.3) is 21.5 Å². The van der Waals surface area contributed by atoms with E-state index in [2.05, 4.69) is 46.0 Å². The minimum absolute atomic E-state index is 0.0485. The Morgan fingerprint density at radius 1 is 0.925 bits per heavy atom. The van der Waals surface area contributed by atoms with Crippen molar-refractivity contribution in [1.29, 1.82) is 0 Å². The summed E-state index contributed by atoms with van der Waals surface area (Å²) in [5.41, 5.74) is 12.7. The van der Waals surface area contributed by atoms with Crippen LogP contribution < -0.4 is 22.1 Å². The highest BCUT2D eigenvalue weighted by molar-refractivity contribution is 5.98. The Labute approximate surface area is 234 Å². The summed E-state index contributed by atoms with van der Waals surface area (Å²) in [4.78, 5) is 32.7. The number of hydrogen-bond donors (Lipinski definition) is 4. The molecule has 0 aromatic heterocycles. The molecule has 0 spiro atoms. The van der Waals surface area contributed by atoms with Gasteiger partial charge in [0, 0.05) is 37.8 Å². The van der Waals surface area contributed by atoms with Gasteiger partial charge in [0.1, 0.15) is 0 Å². The summed E-state index contributed by atoms with van der Waals surface area (Å²) in [5.74, 6) is -0.0194. The van der Waals surface area contributed by atoms with Gasteiger partial charge in [-0.05, 0) is 64.6 Å². The van der Waals surface area contributed by atoms with E-state index in [9.17, 15) is 9.59 Å². The Kier molecular flexibility index (Phi) is 8.56. The quantitative estimate of drug-likeness (QED) is 0.148. The monoisotopic (exact) mass is 536 g/mol. The summed E-state index contributed by atoms with van der Waals surface area (Å²) in [7, 11) is 0. The predicted octanol–water partition coefficient (Wildman–Crippen LogP) is 3.54. The fourth-order valence-corrected chi connectivity index (χ4v) is 5.32. The van der Waals surface area contributed by atoms with Crippen molar-refractivity contribution in [2.75, 3.05) is 19.6 Å². The first-order valence-electron chi connectivity index (χ1n) is 13.8. The summed E-state index contributed by atoms with van der Waals surface area (Å²) < 4.78 is 0. The largest absolute Gasteiger partial charge is 0.370 e. The molecule has 8 nitrogen and oxygen atoms in total. The van der Waals surface area contributed by atoms with Crippen LogP contribution in [0, 0.1) is 0 Å². The minimum Gasteiger partial charge on any atom is -0.370 e. The molecule has 2 amide bonds. The number of carbonyl (C=O) groups excluding carboxylic acids is 2. The molecule has 0 aliphatic carbocycles. The molecule has 40 heavy (non-hydrogen) atoms. The third-order valence-corrected chi connectivity index (χ3v) is 7.45. The van der Waals surface area contributed by atoms with E-state index in [4.69, 9.17) is 11.5 Å². The van der Waals surface area contributed by atoms with E-state index in [1.54, 1.807) is 0 Å². The molecular formula is C32H36N6O2. The number of fused-ring (bicyclic) bond motifs is 2. The highest BCUT2D eigenvalue weighted by Crippen LogP contribution is 2.20. The molecule has 1 heterocycles. The third-order valence-electron chi connectivity index (χ3n) is 7.45. The smallest absolute Gasteiger partial charge is 0.251 e. The van der Waals surface area contributed by atoms with Crippen LogP contribution in [0.1, 0.15) is 35.2 Å². The van der Waals surface area contributed by atoms with Gasteiger partial charge in [0.15, 0.2) is 5.96 Å². The van der Waals surface area contributed by atoms with Crippen LogP contribution in [0.15, 0.2) is 89.9 Å². The first kappa shape index (κ1) is 27.1. The molecule has 6 N–H and O–H groups in total. The van der Waals surface area contributed by atoms with E-state index < -0.39 is 0 Å². The zero-order valence-electron chi connectivity index (χ0n) is 22.6. The second-order valence-electron chi connectivity index (χ2n) is 10.4. The number of nitrogens with zero attached hydrogens (tertiary/aromatic N) is 2. The Balaban J connectivity index is 1.27. The summed E-state index contributed by atoms with van der Waals surface area (Å²) in [6.07, 6.45) is 1.99. The van der Waals surface area contributed by atoms with Crippen molar-refractivity contribution in [2.45, 2.75) is 37.9 Å². The summed E-state index contributed by atoms with van der Waals surface area (Å²) in [6.45, 7) is 2.01. The summed E-state index contributed by atoms with van der Waals surface area (Å²) in [6, 6.07) is 27.8. The van der Waals surface area contributed by atoms with E-state index in [-0.39, 0.29) is 29.9 Å². The molecule has 0 bridgehead atoms. The van der Waals surface area contributed by atoms with Gasteiger partial charge in [-0.25, -0.2) is 0 Å². The number of amides is 2. The van der Waals surface area contributed by atoms with Crippen LogP contribution >= 0.6 is 0 Å². The molecule has 1 fully saturated rings. The van der Waals surface area contributed by atoms with E-state index >= 15 is 0 Å². The molecule has 1 saturated heterocycles. The van der Waals surface area contributed by atoms with E-state index in [1.165, 1.54) is 5.39 Å². The van der Waals surface area contributed by atoms with Gasteiger partial charge in [-0.2, -0.15) is 0 Å². The number of hydrogen-bond acceptors (Lipinski definition) is 4. The fraction of sp³-hybridized carbons (Fsp3) is 0.281. The number of rotatable bonds is 9. The average molecular weight is 537 g/mol. The zero-order valence-corrected chi connectivity index (χ0v) is 22.6. The number of nitrogens with two attached hydrogens (primary N) is 2. The fourth-order valence-electron chi connectivity index (χ4n) is 5.32. The lowest BCUT2D eigenvalue weighted by molar-refractivity contribution is -0.133. The lowest BCUT2D eigenvalue weighted by atomic mass is 10.1. The highest BCUT2D eigenvalue weighted by atomic mass is 16.2. The van der Waals surface area contributed by atoms with Crippen molar-refractivity contribution < 1.29 is 9.59 Å². The number of nitrogens with one attached hydrogen (secondary N) is 2. The van der Waals surface area contributed by atoms with E-state index in [1.807, 2.05) is 59.5 Å². The Bertz CT molecular complexity index is 1530. The van der Waals surface area contributed by atoms with Crippen molar-refractivity contribution >= 4 is 39.3 Å². The van der Waals surface area contributed by atoms with Gasteiger partial charge in [-0.3, -0.25) is 14.6 Å². The maximum absolute atomic E-state index is 13.7. The first-order valence-corrected chi connectivity index (χ1v) is 13.8. The van der Waals surface area contributed by atoms with Gasteiger partial charge in [0.25, 0.3) is 5.91 Å².